The van der Waals surface area contributed by atoms with E-state index in [1.807, 2.05) is 212 Å². The lowest BCUT2D eigenvalue weighted by atomic mass is 9.72. The van der Waals surface area contributed by atoms with Crippen LogP contribution >= 0.6 is 0 Å². The zero-order valence-electron chi connectivity index (χ0n) is 62.4. The van der Waals surface area contributed by atoms with E-state index in [1.165, 1.54) is 0 Å². The molecule has 2 N–H and O–H groups in total. The van der Waals surface area contributed by atoms with E-state index in [0.29, 0.717) is 54.4 Å². The summed E-state index contributed by atoms with van der Waals surface area (Å²) < 4.78 is 55.1. The van der Waals surface area contributed by atoms with Crippen molar-refractivity contribution in [2.24, 2.45) is 0 Å². The van der Waals surface area contributed by atoms with E-state index in [2.05, 4.69) is 90.5 Å². The van der Waals surface area contributed by atoms with Crippen LogP contribution in [-0.4, -0.2) is 0 Å². The van der Waals surface area contributed by atoms with Gasteiger partial charge in [-0.1, -0.05) is 185 Å². The van der Waals surface area contributed by atoms with Gasteiger partial charge >= 0.3 is 0 Å². The van der Waals surface area contributed by atoms with Gasteiger partial charge in [-0.05, 0) is 227 Å². The number of para-hydroxylation sites is 4. The fourth-order valence-corrected chi connectivity index (χ4v) is 15.5. The van der Waals surface area contributed by atoms with E-state index >= 15 is 0 Å². The summed E-state index contributed by atoms with van der Waals surface area (Å²) in [5, 5.41) is 29.3. The molecule has 14 nitrogen and oxygen atoms in total. The summed E-state index contributed by atoms with van der Waals surface area (Å²) in [6.45, 7) is 26.4. The zero-order chi connectivity index (χ0) is 77.5. The molecule has 1 spiro atoms. The molecule has 0 radical (unpaired) electrons. The molecule has 0 saturated heterocycles. The van der Waals surface area contributed by atoms with Gasteiger partial charge in [0.2, 0.25) is 0 Å². The molecular weight excluding hydrogens is 1400 g/mol. The van der Waals surface area contributed by atoms with Gasteiger partial charge in [0.1, 0.15) is 92.3 Å². The van der Waals surface area contributed by atoms with Crippen LogP contribution < -0.4 is 48.5 Å². The standard InChI is InChI=1S/C99H74N6O8/c1-97(2)63-99(81-59-93(111-86-46-23-43-83(77(86)61-100)106-73-39-19-31-67(53-73)51-65-27-11-7-12-28-65)91(57-79(81)97)110-85-45-24-44-84(78(85)62-101)107-75-41-21-37-71(55-75)104-69-33-15-9-16-34-69)64-98(3,4)80-58-92(112-89-49-25-47-87(95(89)102-5)108-74-40-20-32-68(54-74)52-66-29-13-8-14-30-66)94(60-82(80)99)113-90-50-26-48-88(96(90)103-6)109-76-42-22-38-72(56-76)105-70-35-17-10-18-36-70/h7-50,53-60,104-105H,51-52,63-64H2,1-4H3. The summed E-state index contributed by atoms with van der Waals surface area (Å²) in [5.41, 5.74) is 10.0. The number of benzene rings is 14. The Bertz CT molecular complexity index is 5730. The van der Waals surface area contributed by atoms with E-state index < -0.39 is 16.2 Å². The first-order valence-electron chi connectivity index (χ1n) is 37.1. The fourth-order valence-electron chi connectivity index (χ4n) is 15.5. The molecule has 0 aromatic heterocycles. The Labute approximate surface area is 657 Å². The second kappa shape index (κ2) is 31.3. The first-order valence-corrected chi connectivity index (χ1v) is 37.1. The number of fused-ring (bicyclic) bond motifs is 4. The van der Waals surface area contributed by atoms with Gasteiger partial charge in [-0.25, -0.2) is 9.69 Å². The van der Waals surface area contributed by atoms with Crippen LogP contribution in [0.1, 0.15) is 96.2 Å². The third-order valence-electron chi connectivity index (χ3n) is 20.4. The van der Waals surface area contributed by atoms with Gasteiger partial charge in [-0.15, -0.1) is 0 Å². The Balaban J connectivity index is 0.815. The quantitative estimate of drug-likeness (QED) is 0.0554. The first kappa shape index (κ1) is 72.3. The molecule has 0 amide bonds. The average Bonchev–Trinajstić information content (AvgIpc) is 1.52. The molecular formula is C99H74N6O8. The number of hydrogen-bond acceptors (Lipinski definition) is 12. The van der Waals surface area contributed by atoms with E-state index in [-0.39, 0.29) is 85.7 Å². The van der Waals surface area contributed by atoms with Crippen LogP contribution in [0.2, 0.25) is 0 Å². The van der Waals surface area contributed by atoms with Crippen molar-refractivity contribution in [1.82, 2.24) is 0 Å². The van der Waals surface area contributed by atoms with Crippen molar-refractivity contribution in [3.05, 3.63) is 394 Å². The van der Waals surface area contributed by atoms with Crippen molar-refractivity contribution in [2.45, 2.75) is 69.6 Å². The minimum absolute atomic E-state index is 0.105. The average molecular weight is 1480 g/mol. The molecule has 1 atom stereocenters. The molecule has 2 aliphatic carbocycles. The number of hydrogen-bond donors (Lipinski definition) is 2. The summed E-state index contributed by atoms with van der Waals surface area (Å²) in [6, 6.07) is 105. The Morgan fingerprint density at radius 2 is 0.566 bits per heavy atom. The Morgan fingerprint density at radius 3 is 0.929 bits per heavy atom. The van der Waals surface area contributed by atoms with Gasteiger partial charge in [0.25, 0.3) is 11.4 Å². The molecule has 1 unspecified atom stereocenters. The highest BCUT2D eigenvalue weighted by Gasteiger charge is 2.57. The largest absolute Gasteiger partial charge is 0.468 e. The van der Waals surface area contributed by atoms with Crippen molar-refractivity contribution in [1.29, 1.82) is 10.5 Å². The van der Waals surface area contributed by atoms with Crippen LogP contribution in [0, 0.1) is 35.8 Å². The Morgan fingerprint density at radius 1 is 0.292 bits per heavy atom. The number of ether oxygens (including phenoxy) is 8. The van der Waals surface area contributed by atoms with Crippen molar-refractivity contribution in [3.8, 4) is 104 Å². The second-order valence-electron chi connectivity index (χ2n) is 29.3. The van der Waals surface area contributed by atoms with Crippen LogP contribution in [0.5, 0.6) is 92.0 Å². The van der Waals surface area contributed by atoms with Crippen molar-refractivity contribution in [2.75, 3.05) is 10.6 Å². The molecule has 16 rings (SSSR count). The van der Waals surface area contributed by atoms with Gasteiger partial charge in [0, 0.05) is 40.3 Å². The van der Waals surface area contributed by atoms with Crippen molar-refractivity contribution >= 4 is 34.1 Å². The summed E-state index contributed by atoms with van der Waals surface area (Å²) in [4.78, 5) is 8.15. The lowest BCUT2D eigenvalue weighted by Crippen LogP contribution is -2.27. The van der Waals surface area contributed by atoms with E-state index in [1.54, 1.807) is 72.8 Å². The van der Waals surface area contributed by atoms with Crippen molar-refractivity contribution < 1.29 is 37.9 Å². The van der Waals surface area contributed by atoms with Crippen molar-refractivity contribution in [3.63, 3.8) is 0 Å². The van der Waals surface area contributed by atoms with E-state index in [0.717, 1.165) is 67.3 Å². The predicted molar refractivity (Wildman–Crippen MR) is 441 cm³/mol. The zero-order valence-corrected chi connectivity index (χ0v) is 62.4. The molecule has 14 heteroatoms. The molecule has 548 valence electrons. The normalized spacial score (nSPS) is 13.8. The molecule has 0 saturated carbocycles. The first-order chi connectivity index (χ1) is 55.2. The third kappa shape index (κ3) is 15.6. The maximum absolute atomic E-state index is 11.3. The van der Waals surface area contributed by atoms with E-state index in [4.69, 9.17) is 51.0 Å². The number of nitrogens with one attached hydrogen (secondary N) is 2. The van der Waals surface area contributed by atoms with Crippen LogP contribution in [0.4, 0.5) is 34.1 Å². The molecule has 0 bridgehead atoms. The van der Waals surface area contributed by atoms with Gasteiger partial charge in [-0.2, -0.15) is 10.5 Å². The third-order valence-corrected chi connectivity index (χ3v) is 20.4. The van der Waals surface area contributed by atoms with Crippen LogP contribution in [0.25, 0.3) is 9.69 Å². The number of nitriles is 2. The lowest BCUT2D eigenvalue weighted by molar-refractivity contribution is 0.349. The molecule has 0 heterocycles. The monoisotopic (exact) mass is 1470 g/mol. The fraction of sp³-hybridized carbons (Fsp3) is 0.111. The minimum atomic E-state index is -0.801. The smallest absolute Gasteiger partial charge is 0.270 e. The summed E-state index contributed by atoms with van der Waals surface area (Å²) in [7, 11) is 0. The second-order valence-corrected chi connectivity index (χ2v) is 29.3. The summed E-state index contributed by atoms with van der Waals surface area (Å²) >= 11 is 0. The molecule has 2 aliphatic rings. The highest BCUT2D eigenvalue weighted by atomic mass is 16.5. The molecule has 0 aliphatic heterocycles. The maximum atomic E-state index is 11.3. The molecule has 14 aromatic carbocycles. The van der Waals surface area contributed by atoms with Gasteiger partial charge < -0.3 is 48.5 Å². The lowest BCUT2D eigenvalue weighted by Gasteiger charge is -2.31. The number of anilines is 4. The van der Waals surface area contributed by atoms with Gasteiger partial charge in [0.15, 0.2) is 23.0 Å². The summed E-state index contributed by atoms with van der Waals surface area (Å²) in [5.74, 6) is 4.98. The Hall–Kier alpha value is -15.0. The predicted octanol–water partition coefficient (Wildman–Crippen LogP) is 27.2. The summed E-state index contributed by atoms with van der Waals surface area (Å²) in [6.07, 6.45) is 2.53. The molecule has 113 heavy (non-hydrogen) atoms. The van der Waals surface area contributed by atoms with Crippen LogP contribution in [0.3, 0.4) is 0 Å². The van der Waals surface area contributed by atoms with Gasteiger partial charge in [-0.3, -0.25) is 0 Å². The molecule has 0 fully saturated rings. The maximum Gasteiger partial charge on any atom is 0.270 e. The highest BCUT2D eigenvalue weighted by Crippen LogP contribution is 2.66. The highest BCUT2D eigenvalue weighted by molar-refractivity contribution is 5.74. The van der Waals surface area contributed by atoms with Crippen LogP contribution in [-0.2, 0) is 29.1 Å². The van der Waals surface area contributed by atoms with Gasteiger partial charge in [0.05, 0.1) is 13.1 Å². The number of nitrogens with zero attached hydrogens (tertiary/aromatic N) is 4. The number of rotatable bonds is 24. The Kier molecular flexibility index (Phi) is 20.0. The van der Waals surface area contributed by atoms with E-state index in [9.17, 15) is 10.5 Å². The topological polar surface area (TPSA) is 154 Å². The minimum Gasteiger partial charge on any atom is -0.468 e. The molecule has 14 aromatic rings. The van der Waals surface area contributed by atoms with Crippen LogP contribution in [0.15, 0.2) is 315 Å². The SMILES string of the molecule is [C-]#[N+]c1c(Oc2cccc(Cc3ccccc3)c2)cccc1Oc1cc2c(cc1Oc1cccc(Oc3cccc(Nc4ccccc4)c3)c1[N+]#[C-])C1(CC(C)(C)c3cc(Oc4cccc(Oc5cccc(Nc6ccccc6)c5)c4C#N)c(Oc4cccc(Oc5cccc(Cc6ccccc6)c5)c4C#N)cc31)CC2(C)C.